The maximum absolute atomic E-state index is 10.6. The van der Waals surface area contributed by atoms with Gasteiger partial charge in [-0.2, -0.15) is 0 Å². The van der Waals surface area contributed by atoms with E-state index in [0.717, 1.165) is 11.8 Å². The van der Waals surface area contributed by atoms with E-state index < -0.39 is 17.2 Å². The van der Waals surface area contributed by atoms with E-state index in [9.17, 15) is 9.59 Å². The van der Waals surface area contributed by atoms with Crippen LogP contribution in [0.4, 0.5) is 0 Å². The third kappa shape index (κ3) is 3.28. The van der Waals surface area contributed by atoms with Gasteiger partial charge in [0.05, 0.1) is 5.56 Å². The van der Waals surface area contributed by atoms with Gasteiger partial charge < -0.3 is 10.2 Å². The first-order valence-corrected chi connectivity index (χ1v) is 5.11. The zero-order valence-corrected chi connectivity index (χ0v) is 8.82. The summed E-state index contributed by atoms with van der Waals surface area (Å²) in [6, 6.07) is 6.22. The highest BCUT2D eigenvalue weighted by atomic mass is 32.2. The summed E-state index contributed by atoms with van der Waals surface area (Å²) in [7, 11) is 0. The van der Waals surface area contributed by atoms with Crippen LogP contribution in [-0.2, 0) is 4.79 Å². The molecule has 0 saturated carbocycles. The van der Waals surface area contributed by atoms with Crippen LogP contribution in [0, 0.1) is 0 Å². The van der Waals surface area contributed by atoms with Gasteiger partial charge in [-0.25, -0.2) is 4.79 Å². The predicted octanol–water partition coefficient (Wildman–Crippen LogP) is 1.95. The van der Waals surface area contributed by atoms with Gasteiger partial charge >= 0.3 is 11.9 Å². The number of thioether (sulfide) groups is 1. The van der Waals surface area contributed by atoms with E-state index in [1.807, 2.05) is 0 Å². The molecule has 0 radical (unpaired) electrons. The van der Waals surface area contributed by atoms with Gasteiger partial charge in [-0.05, 0) is 25.1 Å². The van der Waals surface area contributed by atoms with E-state index in [2.05, 4.69) is 0 Å². The van der Waals surface area contributed by atoms with E-state index in [-0.39, 0.29) is 5.56 Å². The normalized spacial score (nSPS) is 12.1. The molecule has 1 aromatic rings. The van der Waals surface area contributed by atoms with Gasteiger partial charge in [0.2, 0.25) is 0 Å². The first-order valence-electron chi connectivity index (χ1n) is 4.23. The molecule has 0 fully saturated rings. The number of aliphatic carboxylic acids is 1. The largest absolute Gasteiger partial charge is 0.480 e. The zero-order valence-electron chi connectivity index (χ0n) is 8.01. The quantitative estimate of drug-likeness (QED) is 0.767. The van der Waals surface area contributed by atoms with Crippen LogP contribution in [0.5, 0.6) is 0 Å². The summed E-state index contributed by atoms with van der Waals surface area (Å²) >= 11 is 1.12. The van der Waals surface area contributed by atoms with Crippen LogP contribution in [0.2, 0.25) is 0 Å². The summed E-state index contributed by atoms with van der Waals surface area (Å²) in [4.78, 5) is 21.9. The minimum Gasteiger partial charge on any atom is -0.480 e. The number of rotatable bonds is 4. The third-order valence-corrected chi connectivity index (χ3v) is 2.82. The monoisotopic (exact) mass is 226 g/mol. The second-order valence-corrected chi connectivity index (χ2v) is 4.35. The molecule has 0 aliphatic carbocycles. The van der Waals surface area contributed by atoms with Crippen molar-refractivity contribution in [1.82, 2.24) is 0 Å². The van der Waals surface area contributed by atoms with Gasteiger partial charge in [0.25, 0.3) is 0 Å². The average molecular weight is 226 g/mol. The summed E-state index contributed by atoms with van der Waals surface area (Å²) < 4.78 is 0. The summed E-state index contributed by atoms with van der Waals surface area (Å²) in [6.07, 6.45) is 0. The summed E-state index contributed by atoms with van der Waals surface area (Å²) in [5.41, 5.74) is 0.164. The molecule has 0 aromatic heterocycles. The summed E-state index contributed by atoms with van der Waals surface area (Å²) in [6.45, 7) is 1.56. The van der Waals surface area contributed by atoms with E-state index >= 15 is 0 Å². The van der Waals surface area contributed by atoms with Crippen molar-refractivity contribution < 1.29 is 19.8 Å². The SMILES string of the molecule is CC(Sc1cccc(C(=O)O)c1)C(=O)O. The molecule has 0 aliphatic rings. The Balaban J connectivity index is 2.82. The van der Waals surface area contributed by atoms with E-state index in [1.54, 1.807) is 19.1 Å². The van der Waals surface area contributed by atoms with Gasteiger partial charge in [-0.1, -0.05) is 6.07 Å². The molecule has 0 spiro atoms. The Hall–Kier alpha value is -1.49. The molecular formula is C10H10O4S. The van der Waals surface area contributed by atoms with Crippen molar-refractivity contribution >= 4 is 23.7 Å². The zero-order chi connectivity index (χ0) is 11.4. The van der Waals surface area contributed by atoms with Crippen LogP contribution in [0.15, 0.2) is 29.2 Å². The van der Waals surface area contributed by atoms with Crippen molar-refractivity contribution in [2.24, 2.45) is 0 Å². The Morgan fingerprint density at radius 1 is 1.33 bits per heavy atom. The predicted molar refractivity (Wildman–Crippen MR) is 56.4 cm³/mol. The molecule has 0 saturated heterocycles. The lowest BCUT2D eigenvalue weighted by atomic mass is 10.2. The van der Waals surface area contributed by atoms with Gasteiger partial charge in [0, 0.05) is 4.90 Å². The number of hydrogen-bond acceptors (Lipinski definition) is 3. The molecule has 4 nitrogen and oxygen atoms in total. The Morgan fingerprint density at radius 3 is 2.53 bits per heavy atom. The summed E-state index contributed by atoms with van der Waals surface area (Å²) in [5.74, 6) is -1.93. The first kappa shape index (κ1) is 11.6. The smallest absolute Gasteiger partial charge is 0.335 e. The fourth-order valence-electron chi connectivity index (χ4n) is 0.957. The minimum absolute atomic E-state index is 0.164. The first-order chi connectivity index (χ1) is 7.00. The van der Waals surface area contributed by atoms with Crippen LogP contribution < -0.4 is 0 Å². The molecule has 1 atom stereocenters. The molecule has 1 rings (SSSR count). The topological polar surface area (TPSA) is 74.6 Å². The van der Waals surface area contributed by atoms with Crippen molar-refractivity contribution in [3.8, 4) is 0 Å². The van der Waals surface area contributed by atoms with Crippen LogP contribution in [0.25, 0.3) is 0 Å². The van der Waals surface area contributed by atoms with Gasteiger partial charge in [-0.15, -0.1) is 11.8 Å². The molecule has 1 unspecified atom stereocenters. The molecule has 1 aromatic carbocycles. The highest BCUT2D eigenvalue weighted by Gasteiger charge is 2.13. The van der Waals surface area contributed by atoms with E-state index in [4.69, 9.17) is 10.2 Å². The Bertz CT molecular complexity index is 389. The van der Waals surface area contributed by atoms with Gasteiger partial charge in [0.15, 0.2) is 0 Å². The van der Waals surface area contributed by atoms with Crippen molar-refractivity contribution in [3.05, 3.63) is 29.8 Å². The van der Waals surface area contributed by atoms with Crippen molar-refractivity contribution in [1.29, 1.82) is 0 Å². The van der Waals surface area contributed by atoms with Gasteiger partial charge in [-0.3, -0.25) is 4.79 Å². The number of carboxylic acid groups (broad SMARTS) is 2. The average Bonchev–Trinajstić information content (AvgIpc) is 2.18. The number of benzene rings is 1. The number of hydrogen-bond donors (Lipinski definition) is 2. The number of carboxylic acids is 2. The molecule has 0 amide bonds. The third-order valence-electron chi connectivity index (χ3n) is 1.74. The Labute approximate surface area is 90.9 Å². The molecule has 0 heterocycles. The fraction of sp³-hybridized carbons (Fsp3) is 0.200. The van der Waals surface area contributed by atoms with E-state index in [0.29, 0.717) is 4.90 Å². The van der Waals surface area contributed by atoms with Crippen LogP contribution >= 0.6 is 11.8 Å². The molecule has 0 bridgehead atoms. The van der Waals surface area contributed by atoms with Crippen molar-refractivity contribution in [2.45, 2.75) is 17.1 Å². The molecular weight excluding hydrogens is 216 g/mol. The van der Waals surface area contributed by atoms with E-state index in [1.165, 1.54) is 12.1 Å². The highest BCUT2D eigenvalue weighted by Crippen LogP contribution is 2.24. The van der Waals surface area contributed by atoms with Crippen LogP contribution in [0.1, 0.15) is 17.3 Å². The lowest BCUT2D eigenvalue weighted by Crippen LogP contribution is -2.11. The molecule has 80 valence electrons. The van der Waals surface area contributed by atoms with Gasteiger partial charge in [0.1, 0.15) is 5.25 Å². The van der Waals surface area contributed by atoms with Crippen molar-refractivity contribution in [3.63, 3.8) is 0 Å². The Kier molecular flexibility index (Phi) is 3.74. The second kappa shape index (κ2) is 4.84. The fourth-order valence-corrected chi connectivity index (χ4v) is 1.82. The molecule has 15 heavy (non-hydrogen) atoms. The van der Waals surface area contributed by atoms with Crippen molar-refractivity contribution in [2.75, 3.05) is 0 Å². The lowest BCUT2D eigenvalue weighted by molar-refractivity contribution is -0.136. The lowest BCUT2D eigenvalue weighted by Gasteiger charge is -2.06. The second-order valence-electron chi connectivity index (χ2n) is 2.93. The number of aromatic carboxylic acids is 1. The maximum Gasteiger partial charge on any atom is 0.335 e. The molecule has 0 aliphatic heterocycles. The maximum atomic E-state index is 10.6. The number of carbonyl (C=O) groups is 2. The standard InChI is InChI=1S/C10H10O4S/c1-6(9(11)12)15-8-4-2-3-7(5-8)10(13)14/h2-6H,1H3,(H,11,12)(H,13,14). The van der Waals surface area contributed by atoms with Crippen LogP contribution in [0.3, 0.4) is 0 Å². The molecule has 2 N–H and O–H groups in total. The minimum atomic E-state index is -1.01. The Morgan fingerprint density at radius 2 is 2.00 bits per heavy atom. The van der Waals surface area contributed by atoms with Crippen LogP contribution in [-0.4, -0.2) is 27.4 Å². The molecule has 5 heteroatoms. The highest BCUT2D eigenvalue weighted by molar-refractivity contribution is 8.00. The summed E-state index contributed by atoms with van der Waals surface area (Å²) in [5, 5.41) is 16.8.